The van der Waals surface area contributed by atoms with Crippen molar-refractivity contribution in [3.63, 3.8) is 0 Å². The lowest BCUT2D eigenvalue weighted by Crippen LogP contribution is -2.44. The zero-order chi connectivity index (χ0) is 18.8. The fraction of sp³-hybridized carbons (Fsp3) is 0.550. The number of hydrogen-bond donors (Lipinski definition) is 1. The molecule has 2 amide bonds. The number of nitrogens with one attached hydrogen (secondary N) is 1. The summed E-state index contributed by atoms with van der Waals surface area (Å²) in [5.74, 6) is 2.26. The molecule has 1 saturated heterocycles. The lowest BCUT2D eigenvalue weighted by atomic mass is 9.97. The van der Waals surface area contributed by atoms with Gasteiger partial charge in [0, 0.05) is 38.0 Å². The minimum absolute atomic E-state index is 0.0533. The van der Waals surface area contributed by atoms with Crippen molar-refractivity contribution in [2.45, 2.75) is 51.5 Å². The number of nitrogens with zero attached hydrogens (tertiary/aromatic N) is 3. The number of benzene rings is 1. The predicted molar refractivity (Wildman–Crippen MR) is 99.8 cm³/mol. The van der Waals surface area contributed by atoms with Gasteiger partial charge in [0.25, 0.3) is 0 Å². The first-order valence-corrected chi connectivity index (χ1v) is 9.65. The van der Waals surface area contributed by atoms with Gasteiger partial charge in [-0.25, -0.2) is 4.79 Å². The third kappa shape index (κ3) is 3.77. The Morgan fingerprint density at radius 3 is 2.89 bits per heavy atom. The lowest BCUT2D eigenvalue weighted by Gasteiger charge is -2.31. The zero-order valence-corrected chi connectivity index (χ0v) is 16.0. The molecule has 27 heavy (non-hydrogen) atoms. The lowest BCUT2D eigenvalue weighted by molar-refractivity contribution is 0.177. The van der Waals surface area contributed by atoms with E-state index in [0.29, 0.717) is 24.8 Å². The molecule has 4 rings (SSSR count). The predicted octanol–water partition coefficient (Wildman–Crippen LogP) is 2.96. The number of aromatic nitrogens is 2. The summed E-state index contributed by atoms with van der Waals surface area (Å²) >= 11 is 0. The minimum atomic E-state index is -0.0533. The van der Waals surface area contributed by atoms with Crippen LogP contribution in [0.5, 0.6) is 5.75 Å². The molecule has 2 aromatic rings. The summed E-state index contributed by atoms with van der Waals surface area (Å²) in [6, 6.07) is 4.25. The van der Waals surface area contributed by atoms with E-state index in [4.69, 9.17) is 9.26 Å². The van der Waals surface area contributed by atoms with E-state index in [9.17, 15) is 4.79 Å². The van der Waals surface area contributed by atoms with Crippen molar-refractivity contribution in [1.29, 1.82) is 0 Å². The molecule has 7 nitrogen and oxygen atoms in total. The molecule has 0 radical (unpaired) electrons. The molecule has 1 atom stereocenters. The fourth-order valence-electron chi connectivity index (χ4n) is 4.12. The van der Waals surface area contributed by atoms with Gasteiger partial charge in [-0.15, -0.1) is 0 Å². The van der Waals surface area contributed by atoms with Gasteiger partial charge in [0.2, 0.25) is 5.89 Å². The highest BCUT2D eigenvalue weighted by Gasteiger charge is 2.28. The van der Waals surface area contributed by atoms with Crippen molar-refractivity contribution in [3.05, 3.63) is 40.5 Å². The van der Waals surface area contributed by atoms with E-state index in [1.165, 1.54) is 17.5 Å². The molecular weight excluding hydrogens is 344 g/mol. The average molecular weight is 370 g/mol. The molecular formula is C20H26N4O3. The zero-order valence-electron chi connectivity index (χ0n) is 16.0. The summed E-state index contributed by atoms with van der Waals surface area (Å²) in [6.45, 7) is 3.62. The summed E-state index contributed by atoms with van der Waals surface area (Å²) in [5, 5.41) is 7.08. The van der Waals surface area contributed by atoms with Crippen molar-refractivity contribution in [1.82, 2.24) is 20.4 Å². The topological polar surface area (TPSA) is 80.5 Å². The molecule has 1 aliphatic heterocycles. The molecule has 144 valence electrons. The van der Waals surface area contributed by atoms with Crippen LogP contribution in [0.1, 0.15) is 53.6 Å². The van der Waals surface area contributed by atoms with Gasteiger partial charge in [0.15, 0.2) is 5.82 Å². The number of ether oxygens (including phenoxy) is 1. The van der Waals surface area contributed by atoms with Crippen LogP contribution in [0.25, 0.3) is 0 Å². The molecule has 0 bridgehead atoms. The molecule has 0 spiro atoms. The van der Waals surface area contributed by atoms with Crippen LogP contribution in [0, 0.1) is 6.92 Å². The van der Waals surface area contributed by atoms with Crippen molar-refractivity contribution in [2.75, 3.05) is 20.2 Å². The number of aryl methyl sites for hydroxylation is 3. The third-order valence-corrected chi connectivity index (χ3v) is 5.54. The summed E-state index contributed by atoms with van der Waals surface area (Å²) in [7, 11) is 1.68. The number of likely N-dealkylation sites (tertiary alicyclic amines) is 1. The van der Waals surface area contributed by atoms with E-state index in [2.05, 4.69) is 27.6 Å². The number of carbonyl (C=O) groups excluding carboxylic acids is 1. The first kappa shape index (κ1) is 17.8. The van der Waals surface area contributed by atoms with Gasteiger partial charge < -0.3 is 19.5 Å². The molecule has 2 heterocycles. The molecule has 0 unspecified atom stereocenters. The number of fused-ring (bicyclic) bond motifs is 1. The second-order valence-electron chi connectivity index (χ2n) is 7.40. The summed E-state index contributed by atoms with van der Waals surface area (Å²) in [5.41, 5.74) is 3.79. The summed E-state index contributed by atoms with van der Waals surface area (Å²) < 4.78 is 10.6. The number of amides is 2. The smallest absolute Gasteiger partial charge is 0.317 e. The molecule has 1 fully saturated rings. The van der Waals surface area contributed by atoms with Crippen LogP contribution in [0.4, 0.5) is 4.79 Å². The Morgan fingerprint density at radius 1 is 1.33 bits per heavy atom. The molecule has 2 aliphatic rings. The first-order chi connectivity index (χ1) is 13.1. The van der Waals surface area contributed by atoms with E-state index < -0.39 is 0 Å². The average Bonchev–Trinajstić information content (AvgIpc) is 3.33. The number of methoxy groups -OCH3 is 1. The second-order valence-corrected chi connectivity index (χ2v) is 7.40. The summed E-state index contributed by atoms with van der Waals surface area (Å²) in [6.07, 6.45) is 5.33. The van der Waals surface area contributed by atoms with Crippen molar-refractivity contribution in [3.8, 4) is 5.75 Å². The van der Waals surface area contributed by atoms with Gasteiger partial charge in [-0.3, -0.25) is 0 Å². The normalized spacial score (nSPS) is 19.0. The minimum Gasteiger partial charge on any atom is -0.496 e. The number of hydrogen-bond acceptors (Lipinski definition) is 5. The highest BCUT2D eigenvalue weighted by Crippen LogP contribution is 2.30. The molecule has 1 aromatic heterocycles. The van der Waals surface area contributed by atoms with Crippen LogP contribution in [0.15, 0.2) is 16.7 Å². The number of carbonyl (C=O) groups is 1. The first-order valence-electron chi connectivity index (χ1n) is 9.65. The van der Waals surface area contributed by atoms with Crippen LogP contribution >= 0.6 is 0 Å². The van der Waals surface area contributed by atoms with Crippen LogP contribution in [0.2, 0.25) is 0 Å². The van der Waals surface area contributed by atoms with Crippen LogP contribution in [-0.2, 0) is 19.4 Å². The van der Waals surface area contributed by atoms with Gasteiger partial charge in [-0.2, -0.15) is 4.98 Å². The Kier molecular flexibility index (Phi) is 5.01. The van der Waals surface area contributed by atoms with Gasteiger partial charge in [-0.05, 0) is 49.3 Å². The van der Waals surface area contributed by atoms with Crippen molar-refractivity contribution >= 4 is 6.03 Å². The quantitative estimate of drug-likeness (QED) is 0.895. The van der Waals surface area contributed by atoms with Crippen LogP contribution in [0.3, 0.4) is 0 Å². The maximum Gasteiger partial charge on any atom is 0.317 e. The van der Waals surface area contributed by atoms with Gasteiger partial charge in [0.1, 0.15) is 5.75 Å². The number of piperidine rings is 1. The van der Waals surface area contributed by atoms with E-state index in [-0.39, 0.29) is 11.9 Å². The Bertz CT molecular complexity index is 833. The van der Waals surface area contributed by atoms with E-state index >= 15 is 0 Å². The third-order valence-electron chi connectivity index (χ3n) is 5.54. The molecule has 1 N–H and O–H groups in total. The Balaban J connectivity index is 1.39. The molecule has 0 saturated carbocycles. The molecule has 1 aliphatic carbocycles. The van der Waals surface area contributed by atoms with Crippen molar-refractivity contribution in [2.24, 2.45) is 0 Å². The van der Waals surface area contributed by atoms with E-state index in [1.807, 2.05) is 4.90 Å². The van der Waals surface area contributed by atoms with Crippen LogP contribution < -0.4 is 10.1 Å². The maximum absolute atomic E-state index is 12.7. The standard InChI is InChI=1S/C20H26N4O3/c1-13-22-19(23-27-13)16-7-4-8-24(12-16)20(25)21-11-17-9-14-5-3-6-15(14)10-18(17)26-2/h9-10,16H,3-8,11-12H2,1-2H3,(H,21,25)/t16-/m1/s1. The summed E-state index contributed by atoms with van der Waals surface area (Å²) in [4.78, 5) is 18.9. The number of rotatable bonds is 4. The highest BCUT2D eigenvalue weighted by atomic mass is 16.5. The second kappa shape index (κ2) is 7.58. The van der Waals surface area contributed by atoms with E-state index in [1.54, 1.807) is 14.0 Å². The molecule has 7 heteroatoms. The van der Waals surface area contributed by atoms with E-state index in [0.717, 1.165) is 43.5 Å². The fourth-order valence-corrected chi connectivity index (χ4v) is 4.12. The SMILES string of the molecule is COc1cc2c(cc1CNC(=O)N1CCC[C@@H](c3noc(C)n3)C1)CCC2. The van der Waals surface area contributed by atoms with Gasteiger partial charge in [-0.1, -0.05) is 11.2 Å². The van der Waals surface area contributed by atoms with Gasteiger partial charge in [0.05, 0.1) is 7.11 Å². The Morgan fingerprint density at radius 2 is 2.15 bits per heavy atom. The molecule has 1 aromatic carbocycles. The number of urea groups is 1. The Hall–Kier alpha value is -2.57. The van der Waals surface area contributed by atoms with Crippen LogP contribution in [-0.4, -0.2) is 41.3 Å². The monoisotopic (exact) mass is 370 g/mol. The highest BCUT2D eigenvalue weighted by molar-refractivity contribution is 5.74. The van der Waals surface area contributed by atoms with Crippen molar-refractivity contribution < 1.29 is 14.1 Å². The Labute approximate surface area is 159 Å². The van der Waals surface area contributed by atoms with Gasteiger partial charge >= 0.3 is 6.03 Å². The maximum atomic E-state index is 12.7. The largest absolute Gasteiger partial charge is 0.496 e.